The highest BCUT2D eigenvalue weighted by atomic mass is 16.2. The molecule has 0 aliphatic carbocycles. The molecular weight excluding hydrogens is 266 g/mol. The van der Waals surface area contributed by atoms with Gasteiger partial charge in [0.25, 0.3) is 5.91 Å². The third-order valence-electron chi connectivity index (χ3n) is 3.05. The number of nitriles is 1. The van der Waals surface area contributed by atoms with E-state index in [4.69, 9.17) is 10.4 Å². The molecule has 0 radical (unpaired) electrons. The Bertz CT molecular complexity index is 688. The lowest BCUT2D eigenvalue weighted by Crippen LogP contribution is -2.14. The van der Waals surface area contributed by atoms with Crippen molar-refractivity contribution in [3.63, 3.8) is 0 Å². The molecule has 2 aromatic rings. The summed E-state index contributed by atoms with van der Waals surface area (Å²) in [5.74, 6) is -0.322. The SMILES string of the molecule is Cc1nc(C(=O)Nc2ccc(CCO)cc2)ccc1C#N. The summed E-state index contributed by atoms with van der Waals surface area (Å²) >= 11 is 0. The number of aliphatic hydroxyl groups excluding tert-OH is 1. The van der Waals surface area contributed by atoms with Crippen LogP contribution in [-0.2, 0) is 6.42 Å². The van der Waals surface area contributed by atoms with Crippen LogP contribution in [0, 0.1) is 18.3 Å². The van der Waals surface area contributed by atoms with Crippen LogP contribution in [0.25, 0.3) is 0 Å². The maximum atomic E-state index is 12.1. The predicted octanol–water partition coefficient (Wildman–Crippen LogP) is 2.05. The van der Waals surface area contributed by atoms with Gasteiger partial charge >= 0.3 is 0 Å². The molecule has 0 bridgehead atoms. The molecule has 1 heterocycles. The molecule has 2 rings (SSSR count). The predicted molar refractivity (Wildman–Crippen MR) is 78.9 cm³/mol. The van der Waals surface area contributed by atoms with E-state index < -0.39 is 0 Å². The third kappa shape index (κ3) is 3.65. The third-order valence-corrected chi connectivity index (χ3v) is 3.05. The molecule has 1 aromatic heterocycles. The summed E-state index contributed by atoms with van der Waals surface area (Å²) in [6.45, 7) is 1.79. The lowest BCUT2D eigenvalue weighted by atomic mass is 10.1. The first kappa shape index (κ1) is 14.7. The van der Waals surface area contributed by atoms with Crippen molar-refractivity contribution in [1.82, 2.24) is 4.98 Å². The van der Waals surface area contributed by atoms with E-state index in [1.165, 1.54) is 6.07 Å². The summed E-state index contributed by atoms with van der Waals surface area (Å²) < 4.78 is 0. The number of amides is 1. The van der Waals surface area contributed by atoms with E-state index >= 15 is 0 Å². The Hall–Kier alpha value is -2.71. The maximum Gasteiger partial charge on any atom is 0.274 e. The van der Waals surface area contributed by atoms with Crippen molar-refractivity contribution in [3.05, 3.63) is 58.9 Å². The standard InChI is InChI=1S/C16H15N3O2/c1-11-13(10-17)4-7-15(18-11)16(21)19-14-5-2-12(3-6-14)8-9-20/h2-7,20H,8-9H2,1H3,(H,19,21). The summed E-state index contributed by atoms with van der Waals surface area (Å²) in [6.07, 6.45) is 0.588. The molecule has 0 spiro atoms. The zero-order valence-electron chi connectivity index (χ0n) is 11.6. The molecule has 0 unspecified atom stereocenters. The summed E-state index contributed by atoms with van der Waals surface area (Å²) in [5, 5.41) is 20.4. The molecular formula is C16H15N3O2. The number of aliphatic hydroxyl groups is 1. The first-order valence-corrected chi connectivity index (χ1v) is 6.53. The van der Waals surface area contributed by atoms with Gasteiger partial charge < -0.3 is 10.4 Å². The van der Waals surface area contributed by atoms with E-state index in [1.54, 1.807) is 25.1 Å². The quantitative estimate of drug-likeness (QED) is 0.898. The van der Waals surface area contributed by atoms with Crippen LogP contribution in [0.15, 0.2) is 36.4 Å². The van der Waals surface area contributed by atoms with Gasteiger partial charge in [0.2, 0.25) is 0 Å². The number of hydrogen-bond acceptors (Lipinski definition) is 4. The molecule has 0 aliphatic rings. The molecule has 106 valence electrons. The van der Waals surface area contributed by atoms with Gasteiger partial charge in [0, 0.05) is 12.3 Å². The number of aromatic nitrogens is 1. The molecule has 0 fully saturated rings. The molecule has 5 heteroatoms. The Morgan fingerprint density at radius 2 is 2.00 bits per heavy atom. The summed E-state index contributed by atoms with van der Waals surface area (Å²) in [6, 6.07) is 12.4. The van der Waals surface area contributed by atoms with Crippen LogP contribution in [0.2, 0.25) is 0 Å². The van der Waals surface area contributed by atoms with E-state index in [2.05, 4.69) is 10.3 Å². The van der Waals surface area contributed by atoms with Crippen molar-refractivity contribution in [2.75, 3.05) is 11.9 Å². The minimum Gasteiger partial charge on any atom is -0.396 e. The molecule has 0 atom stereocenters. The number of hydrogen-bond donors (Lipinski definition) is 2. The fraction of sp³-hybridized carbons (Fsp3) is 0.188. The number of benzene rings is 1. The average Bonchev–Trinajstić information content (AvgIpc) is 2.49. The van der Waals surface area contributed by atoms with Crippen LogP contribution in [0.4, 0.5) is 5.69 Å². The fourth-order valence-corrected chi connectivity index (χ4v) is 1.88. The van der Waals surface area contributed by atoms with E-state index in [0.717, 1.165) is 5.56 Å². The Morgan fingerprint density at radius 1 is 1.29 bits per heavy atom. The summed E-state index contributed by atoms with van der Waals surface area (Å²) in [4.78, 5) is 16.2. The van der Waals surface area contributed by atoms with Gasteiger partial charge in [-0.15, -0.1) is 0 Å². The lowest BCUT2D eigenvalue weighted by Gasteiger charge is -2.07. The van der Waals surface area contributed by atoms with E-state index in [-0.39, 0.29) is 18.2 Å². The Kier molecular flexibility index (Phi) is 4.64. The molecule has 0 saturated carbocycles. The molecule has 5 nitrogen and oxygen atoms in total. The lowest BCUT2D eigenvalue weighted by molar-refractivity contribution is 0.102. The average molecular weight is 281 g/mol. The van der Waals surface area contributed by atoms with Gasteiger partial charge in [-0.25, -0.2) is 4.98 Å². The summed E-state index contributed by atoms with van der Waals surface area (Å²) in [5.41, 5.74) is 2.92. The maximum absolute atomic E-state index is 12.1. The van der Waals surface area contributed by atoms with Gasteiger partial charge in [0.1, 0.15) is 11.8 Å². The topological polar surface area (TPSA) is 86.0 Å². The largest absolute Gasteiger partial charge is 0.396 e. The number of carbonyl (C=O) groups excluding carboxylic acids is 1. The zero-order chi connectivity index (χ0) is 15.2. The number of anilines is 1. The van der Waals surface area contributed by atoms with E-state index in [9.17, 15) is 4.79 Å². The fourth-order valence-electron chi connectivity index (χ4n) is 1.88. The second-order valence-corrected chi connectivity index (χ2v) is 4.57. The second kappa shape index (κ2) is 6.64. The van der Waals surface area contributed by atoms with Crippen LogP contribution in [0.3, 0.4) is 0 Å². The van der Waals surface area contributed by atoms with Crippen LogP contribution in [-0.4, -0.2) is 22.6 Å². The smallest absolute Gasteiger partial charge is 0.274 e. The van der Waals surface area contributed by atoms with Crippen molar-refractivity contribution >= 4 is 11.6 Å². The van der Waals surface area contributed by atoms with Crippen molar-refractivity contribution in [1.29, 1.82) is 5.26 Å². The Balaban J connectivity index is 2.10. The van der Waals surface area contributed by atoms with Crippen LogP contribution in [0.5, 0.6) is 0 Å². The number of pyridine rings is 1. The van der Waals surface area contributed by atoms with Gasteiger partial charge in [-0.3, -0.25) is 4.79 Å². The van der Waals surface area contributed by atoms with Crippen molar-refractivity contribution in [3.8, 4) is 6.07 Å². The minimum absolute atomic E-state index is 0.0974. The second-order valence-electron chi connectivity index (χ2n) is 4.57. The first-order chi connectivity index (χ1) is 10.1. The number of nitrogens with zero attached hydrogens (tertiary/aromatic N) is 2. The Labute approximate surface area is 122 Å². The Morgan fingerprint density at radius 3 is 2.57 bits per heavy atom. The zero-order valence-corrected chi connectivity index (χ0v) is 11.6. The summed E-state index contributed by atoms with van der Waals surface area (Å²) in [7, 11) is 0. The van der Waals surface area contributed by atoms with Gasteiger partial charge in [-0.2, -0.15) is 5.26 Å². The van der Waals surface area contributed by atoms with Crippen molar-refractivity contribution < 1.29 is 9.90 Å². The van der Waals surface area contributed by atoms with E-state index in [0.29, 0.717) is 23.4 Å². The van der Waals surface area contributed by atoms with Crippen molar-refractivity contribution in [2.45, 2.75) is 13.3 Å². The highest BCUT2D eigenvalue weighted by Gasteiger charge is 2.09. The number of nitrogens with one attached hydrogen (secondary N) is 1. The highest BCUT2D eigenvalue weighted by molar-refractivity contribution is 6.02. The molecule has 0 saturated heterocycles. The van der Waals surface area contributed by atoms with Crippen LogP contribution in [0.1, 0.15) is 27.3 Å². The molecule has 21 heavy (non-hydrogen) atoms. The van der Waals surface area contributed by atoms with Crippen LogP contribution >= 0.6 is 0 Å². The minimum atomic E-state index is -0.322. The number of carbonyl (C=O) groups is 1. The number of aryl methyl sites for hydroxylation is 1. The van der Waals surface area contributed by atoms with Gasteiger partial charge in [-0.05, 0) is 43.2 Å². The molecule has 1 aromatic carbocycles. The number of rotatable bonds is 4. The molecule has 0 aliphatic heterocycles. The van der Waals surface area contributed by atoms with Crippen LogP contribution < -0.4 is 5.32 Å². The molecule has 2 N–H and O–H groups in total. The first-order valence-electron chi connectivity index (χ1n) is 6.53. The monoisotopic (exact) mass is 281 g/mol. The van der Waals surface area contributed by atoms with Crippen molar-refractivity contribution in [2.24, 2.45) is 0 Å². The highest BCUT2D eigenvalue weighted by Crippen LogP contribution is 2.12. The molecule has 1 amide bonds. The van der Waals surface area contributed by atoms with Gasteiger partial charge in [-0.1, -0.05) is 12.1 Å². The van der Waals surface area contributed by atoms with Gasteiger partial charge in [0.05, 0.1) is 11.3 Å². The van der Waals surface area contributed by atoms with E-state index in [1.807, 2.05) is 18.2 Å². The normalized spacial score (nSPS) is 9.95. The van der Waals surface area contributed by atoms with Gasteiger partial charge in [0.15, 0.2) is 0 Å².